The predicted molar refractivity (Wildman–Crippen MR) is 55.3 cm³/mol. The molecule has 0 fully saturated rings. The molecule has 0 amide bonds. The first kappa shape index (κ1) is 10.7. The van der Waals surface area contributed by atoms with Crippen molar-refractivity contribution in [1.82, 2.24) is 9.97 Å². The molecule has 0 spiro atoms. The number of anilines is 1. The fourth-order valence-corrected chi connectivity index (χ4v) is 1.39. The van der Waals surface area contributed by atoms with Crippen molar-refractivity contribution in [2.75, 3.05) is 18.0 Å². The highest BCUT2D eigenvalue weighted by molar-refractivity contribution is 6.30. The molecule has 0 aliphatic heterocycles. The van der Waals surface area contributed by atoms with E-state index in [1.807, 2.05) is 24.8 Å². The third-order valence-electron chi connectivity index (χ3n) is 1.96. The second kappa shape index (κ2) is 4.77. The summed E-state index contributed by atoms with van der Waals surface area (Å²) in [6.07, 6.45) is 1.37. The third kappa shape index (κ3) is 1.94. The summed E-state index contributed by atoms with van der Waals surface area (Å²) in [6.45, 7) is 5.58. The largest absolute Gasteiger partial charge is 0.356 e. The lowest BCUT2D eigenvalue weighted by atomic mass is 10.3. The molecule has 1 aromatic rings. The summed E-state index contributed by atoms with van der Waals surface area (Å²) < 4.78 is 0. The van der Waals surface area contributed by atoms with Crippen LogP contribution >= 0.6 is 11.6 Å². The van der Waals surface area contributed by atoms with E-state index >= 15 is 0 Å². The topological polar surface area (TPSA) is 52.8 Å². The Morgan fingerprint density at radius 1 is 1.43 bits per heavy atom. The van der Waals surface area contributed by atoms with Crippen LogP contribution in [-0.4, -0.2) is 23.1 Å². The number of hydrogen-bond donors (Lipinski definition) is 0. The predicted octanol–water partition coefficient (Wildman–Crippen LogP) is 1.85. The van der Waals surface area contributed by atoms with Gasteiger partial charge >= 0.3 is 0 Å². The molecule has 0 radical (unpaired) electrons. The smallest absolute Gasteiger partial charge is 0.152 e. The zero-order valence-corrected chi connectivity index (χ0v) is 8.91. The van der Waals surface area contributed by atoms with Crippen LogP contribution < -0.4 is 4.90 Å². The van der Waals surface area contributed by atoms with Crippen LogP contribution in [0, 0.1) is 11.3 Å². The van der Waals surface area contributed by atoms with Crippen LogP contribution in [0.4, 0.5) is 5.82 Å². The Labute approximate surface area is 88.2 Å². The summed E-state index contributed by atoms with van der Waals surface area (Å²) in [5, 5.41) is 9.11. The van der Waals surface area contributed by atoms with Gasteiger partial charge in [-0.15, -0.1) is 0 Å². The molecule has 74 valence electrons. The molecule has 0 aliphatic carbocycles. The third-order valence-corrected chi connectivity index (χ3v) is 2.24. The minimum absolute atomic E-state index is 0.212. The highest BCUT2D eigenvalue weighted by Gasteiger charge is 2.13. The maximum absolute atomic E-state index is 8.90. The molecule has 14 heavy (non-hydrogen) atoms. The summed E-state index contributed by atoms with van der Waals surface area (Å²) in [6, 6.07) is 2.01. The average Bonchev–Trinajstić information content (AvgIpc) is 2.20. The second-order valence-electron chi connectivity index (χ2n) is 2.65. The van der Waals surface area contributed by atoms with Crippen molar-refractivity contribution in [3.63, 3.8) is 0 Å². The van der Waals surface area contributed by atoms with Gasteiger partial charge in [0.1, 0.15) is 18.0 Å². The summed E-state index contributed by atoms with van der Waals surface area (Å²) >= 11 is 5.79. The molecule has 0 saturated heterocycles. The van der Waals surface area contributed by atoms with Crippen LogP contribution in [0.1, 0.15) is 19.4 Å². The molecule has 5 heteroatoms. The second-order valence-corrected chi connectivity index (χ2v) is 3.01. The molecule has 0 saturated carbocycles. The van der Waals surface area contributed by atoms with E-state index in [1.165, 1.54) is 6.33 Å². The minimum atomic E-state index is 0.212. The highest BCUT2D eigenvalue weighted by atomic mass is 35.5. The van der Waals surface area contributed by atoms with Gasteiger partial charge in [0.05, 0.1) is 0 Å². The van der Waals surface area contributed by atoms with Gasteiger partial charge in [-0.05, 0) is 13.8 Å². The Hall–Kier alpha value is -1.34. The van der Waals surface area contributed by atoms with E-state index in [2.05, 4.69) is 9.97 Å². The highest BCUT2D eigenvalue weighted by Crippen LogP contribution is 2.21. The number of nitriles is 1. The fourth-order valence-electron chi connectivity index (χ4n) is 1.21. The first-order valence-corrected chi connectivity index (χ1v) is 4.77. The maximum atomic E-state index is 8.90. The van der Waals surface area contributed by atoms with Gasteiger partial charge in [-0.25, -0.2) is 9.97 Å². The molecular formula is C9H11ClN4. The summed E-state index contributed by atoms with van der Waals surface area (Å²) in [7, 11) is 0. The van der Waals surface area contributed by atoms with E-state index in [0.717, 1.165) is 13.1 Å². The van der Waals surface area contributed by atoms with E-state index in [-0.39, 0.29) is 5.15 Å². The van der Waals surface area contributed by atoms with Crippen LogP contribution in [0.2, 0.25) is 5.15 Å². The van der Waals surface area contributed by atoms with Gasteiger partial charge in [0.25, 0.3) is 0 Å². The van der Waals surface area contributed by atoms with Crippen LogP contribution in [0.5, 0.6) is 0 Å². The molecule has 0 aliphatic rings. The SMILES string of the molecule is CCN(CC)c1ncnc(Cl)c1C#N. The van der Waals surface area contributed by atoms with E-state index < -0.39 is 0 Å². The minimum Gasteiger partial charge on any atom is -0.356 e. The first-order chi connectivity index (χ1) is 6.74. The molecule has 4 nitrogen and oxygen atoms in total. The van der Waals surface area contributed by atoms with Gasteiger partial charge in [-0.3, -0.25) is 0 Å². The van der Waals surface area contributed by atoms with Gasteiger partial charge in [-0.2, -0.15) is 5.26 Å². The van der Waals surface area contributed by atoms with Crippen molar-refractivity contribution in [3.05, 3.63) is 17.0 Å². The molecule has 1 aromatic heterocycles. The Morgan fingerprint density at radius 3 is 2.57 bits per heavy atom. The van der Waals surface area contributed by atoms with E-state index in [9.17, 15) is 0 Å². The summed E-state index contributed by atoms with van der Waals surface area (Å²) in [5.41, 5.74) is 0.345. The van der Waals surface area contributed by atoms with E-state index in [1.54, 1.807) is 0 Å². The summed E-state index contributed by atoms with van der Waals surface area (Å²) in [5.74, 6) is 0.609. The molecule has 1 rings (SSSR count). The van der Waals surface area contributed by atoms with E-state index in [4.69, 9.17) is 16.9 Å². The molecule has 0 unspecified atom stereocenters. The molecule has 1 heterocycles. The van der Waals surface area contributed by atoms with Gasteiger partial charge in [-0.1, -0.05) is 11.6 Å². The Bertz CT molecular complexity index is 354. The van der Waals surface area contributed by atoms with E-state index in [0.29, 0.717) is 11.4 Å². The van der Waals surface area contributed by atoms with Crippen molar-refractivity contribution in [2.45, 2.75) is 13.8 Å². The van der Waals surface area contributed by atoms with Crippen LogP contribution in [0.25, 0.3) is 0 Å². The summed E-state index contributed by atoms with van der Waals surface area (Å²) in [4.78, 5) is 9.79. The number of aromatic nitrogens is 2. The fraction of sp³-hybridized carbons (Fsp3) is 0.444. The molecular weight excluding hydrogens is 200 g/mol. The average molecular weight is 211 g/mol. The first-order valence-electron chi connectivity index (χ1n) is 4.40. The van der Waals surface area contributed by atoms with Crippen molar-refractivity contribution in [2.24, 2.45) is 0 Å². The number of nitrogens with zero attached hydrogens (tertiary/aromatic N) is 4. The Morgan fingerprint density at radius 2 is 2.07 bits per heavy atom. The van der Waals surface area contributed by atoms with Gasteiger partial charge < -0.3 is 4.90 Å². The van der Waals surface area contributed by atoms with Gasteiger partial charge in [0.15, 0.2) is 11.0 Å². The van der Waals surface area contributed by atoms with Crippen LogP contribution in [0.15, 0.2) is 6.33 Å². The zero-order chi connectivity index (χ0) is 10.6. The number of halogens is 1. The van der Waals surface area contributed by atoms with Crippen LogP contribution in [-0.2, 0) is 0 Å². The van der Waals surface area contributed by atoms with Crippen molar-refractivity contribution in [1.29, 1.82) is 5.26 Å². The van der Waals surface area contributed by atoms with Gasteiger partial charge in [0.2, 0.25) is 0 Å². The molecule has 0 aromatic carbocycles. The van der Waals surface area contributed by atoms with Crippen molar-refractivity contribution in [3.8, 4) is 6.07 Å². The number of hydrogen-bond acceptors (Lipinski definition) is 4. The van der Waals surface area contributed by atoms with Gasteiger partial charge in [0, 0.05) is 13.1 Å². The lowest BCUT2D eigenvalue weighted by molar-refractivity contribution is 0.839. The van der Waals surface area contributed by atoms with Crippen molar-refractivity contribution < 1.29 is 0 Å². The Kier molecular flexibility index (Phi) is 3.66. The Balaban J connectivity index is 3.20. The molecule has 0 atom stereocenters. The van der Waals surface area contributed by atoms with Crippen molar-refractivity contribution >= 4 is 17.4 Å². The van der Waals surface area contributed by atoms with Crippen LogP contribution in [0.3, 0.4) is 0 Å². The normalized spacial score (nSPS) is 9.57. The zero-order valence-electron chi connectivity index (χ0n) is 8.16. The number of rotatable bonds is 3. The molecule has 0 bridgehead atoms. The standard InChI is InChI=1S/C9H11ClN4/c1-3-14(4-2)9-7(5-11)8(10)12-6-13-9/h6H,3-4H2,1-2H3. The lowest BCUT2D eigenvalue weighted by Gasteiger charge is -2.20. The molecule has 0 N–H and O–H groups in total. The quantitative estimate of drug-likeness (QED) is 0.715. The monoisotopic (exact) mass is 210 g/mol. The lowest BCUT2D eigenvalue weighted by Crippen LogP contribution is -2.24. The maximum Gasteiger partial charge on any atom is 0.152 e.